The molecule has 1 aliphatic carbocycles. The maximum Gasteiger partial charge on any atom is 0.0431 e. The highest BCUT2D eigenvalue weighted by Gasteiger charge is 2.19. The van der Waals surface area contributed by atoms with Crippen LogP contribution in [0.3, 0.4) is 0 Å². The molecule has 102 valence electrons. The van der Waals surface area contributed by atoms with Gasteiger partial charge in [-0.05, 0) is 32.2 Å². The van der Waals surface area contributed by atoms with E-state index in [4.69, 9.17) is 10.8 Å². The van der Waals surface area contributed by atoms with Crippen molar-refractivity contribution < 1.29 is 5.11 Å². The van der Waals surface area contributed by atoms with Crippen molar-refractivity contribution >= 4 is 0 Å². The SMILES string of the molecule is NCCN(CCCCCCO)C1CCCCC1. The van der Waals surface area contributed by atoms with Crippen LogP contribution in [0.2, 0.25) is 0 Å². The van der Waals surface area contributed by atoms with Crippen molar-refractivity contribution in [1.82, 2.24) is 4.90 Å². The predicted octanol–water partition coefficient (Wildman–Crippen LogP) is 2.13. The molecule has 0 aliphatic heterocycles. The second-order valence-corrected chi connectivity index (χ2v) is 5.25. The van der Waals surface area contributed by atoms with E-state index in [0.717, 1.165) is 32.0 Å². The molecule has 0 unspecified atom stereocenters. The fraction of sp³-hybridized carbons (Fsp3) is 1.00. The summed E-state index contributed by atoms with van der Waals surface area (Å²) in [4.78, 5) is 2.61. The van der Waals surface area contributed by atoms with Gasteiger partial charge < -0.3 is 10.8 Å². The van der Waals surface area contributed by atoms with Crippen molar-refractivity contribution in [3.63, 3.8) is 0 Å². The molecule has 0 heterocycles. The van der Waals surface area contributed by atoms with Crippen molar-refractivity contribution in [2.24, 2.45) is 5.73 Å². The van der Waals surface area contributed by atoms with Crippen LogP contribution in [0.25, 0.3) is 0 Å². The Morgan fingerprint density at radius 1 is 0.941 bits per heavy atom. The molecule has 1 rings (SSSR count). The third-order valence-corrected chi connectivity index (χ3v) is 3.86. The lowest BCUT2D eigenvalue weighted by atomic mass is 9.94. The Balaban J connectivity index is 2.17. The molecule has 17 heavy (non-hydrogen) atoms. The van der Waals surface area contributed by atoms with E-state index < -0.39 is 0 Å². The number of aliphatic hydroxyl groups excluding tert-OH is 1. The van der Waals surface area contributed by atoms with Crippen LogP contribution in [-0.2, 0) is 0 Å². The Morgan fingerprint density at radius 2 is 1.65 bits per heavy atom. The van der Waals surface area contributed by atoms with Crippen molar-refractivity contribution in [2.75, 3.05) is 26.2 Å². The Hall–Kier alpha value is -0.120. The number of hydrogen-bond donors (Lipinski definition) is 2. The second-order valence-electron chi connectivity index (χ2n) is 5.25. The first kappa shape index (κ1) is 14.9. The van der Waals surface area contributed by atoms with E-state index in [1.54, 1.807) is 0 Å². The largest absolute Gasteiger partial charge is 0.396 e. The van der Waals surface area contributed by atoms with Gasteiger partial charge in [-0.25, -0.2) is 0 Å². The molecule has 1 fully saturated rings. The maximum atomic E-state index is 8.74. The minimum Gasteiger partial charge on any atom is -0.396 e. The molecule has 3 N–H and O–H groups in total. The summed E-state index contributed by atoms with van der Waals surface area (Å²) in [6.45, 7) is 3.39. The zero-order chi connectivity index (χ0) is 12.3. The highest BCUT2D eigenvalue weighted by Crippen LogP contribution is 2.22. The number of hydrogen-bond acceptors (Lipinski definition) is 3. The number of unbranched alkanes of at least 4 members (excludes halogenated alkanes) is 3. The quantitative estimate of drug-likeness (QED) is 0.609. The molecule has 0 aromatic rings. The van der Waals surface area contributed by atoms with E-state index in [1.807, 2.05) is 0 Å². The summed E-state index contributed by atoms with van der Waals surface area (Å²) < 4.78 is 0. The zero-order valence-corrected chi connectivity index (χ0v) is 11.2. The van der Waals surface area contributed by atoms with Gasteiger partial charge >= 0.3 is 0 Å². The molecule has 3 heteroatoms. The van der Waals surface area contributed by atoms with E-state index in [0.29, 0.717) is 6.61 Å². The lowest BCUT2D eigenvalue weighted by Crippen LogP contribution is -2.40. The van der Waals surface area contributed by atoms with Gasteiger partial charge in [-0.15, -0.1) is 0 Å². The van der Waals surface area contributed by atoms with Gasteiger partial charge in [-0.1, -0.05) is 32.1 Å². The minimum absolute atomic E-state index is 0.342. The average molecular weight is 242 g/mol. The summed E-state index contributed by atoms with van der Waals surface area (Å²) in [5, 5.41) is 8.74. The summed E-state index contributed by atoms with van der Waals surface area (Å²) in [5.41, 5.74) is 5.71. The Kier molecular flexibility index (Phi) is 8.67. The van der Waals surface area contributed by atoms with Gasteiger partial charge in [-0.2, -0.15) is 0 Å². The molecule has 0 atom stereocenters. The average Bonchev–Trinajstić information content (AvgIpc) is 2.38. The van der Waals surface area contributed by atoms with E-state index in [9.17, 15) is 0 Å². The van der Waals surface area contributed by atoms with E-state index >= 15 is 0 Å². The molecule has 0 saturated heterocycles. The molecule has 1 saturated carbocycles. The monoisotopic (exact) mass is 242 g/mol. The van der Waals surface area contributed by atoms with Crippen LogP contribution >= 0.6 is 0 Å². The van der Waals surface area contributed by atoms with Crippen molar-refractivity contribution in [2.45, 2.75) is 63.8 Å². The third-order valence-electron chi connectivity index (χ3n) is 3.86. The normalized spacial score (nSPS) is 17.8. The molecular formula is C14H30N2O. The van der Waals surface area contributed by atoms with Gasteiger partial charge in [-0.3, -0.25) is 4.90 Å². The maximum absolute atomic E-state index is 8.74. The summed E-state index contributed by atoms with van der Waals surface area (Å²) >= 11 is 0. The zero-order valence-electron chi connectivity index (χ0n) is 11.2. The van der Waals surface area contributed by atoms with Gasteiger partial charge in [0, 0.05) is 25.7 Å². The molecule has 3 nitrogen and oxygen atoms in total. The van der Waals surface area contributed by atoms with E-state index in [1.165, 1.54) is 51.5 Å². The molecule has 0 amide bonds. The summed E-state index contributed by atoms with van der Waals surface area (Å²) in [7, 11) is 0. The lowest BCUT2D eigenvalue weighted by Gasteiger charge is -2.34. The highest BCUT2D eigenvalue weighted by molar-refractivity contribution is 4.76. The Bertz CT molecular complexity index is 170. The van der Waals surface area contributed by atoms with Gasteiger partial charge in [0.15, 0.2) is 0 Å². The minimum atomic E-state index is 0.342. The van der Waals surface area contributed by atoms with Gasteiger partial charge in [0.2, 0.25) is 0 Å². The number of aliphatic hydroxyl groups is 1. The second kappa shape index (κ2) is 9.86. The van der Waals surface area contributed by atoms with Crippen molar-refractivity contribution in [3.05, 3.63) is 0 Å². The van der Waals surface area contributed by atoms with Gasteiger partial charge in [0.25, 0.3) is 0 Å². The first-order valence-corrected chi connectivity index (χ1v) is 7.43. The lowest BCUT2D eigenvalue weighted by molar-refractivity contribution is 0.156. The summed E-state index contributed by atoms with van der Waals surface area (Å²) in [6.07, 6.45) is 11.6. The molecule has 0 bridgehead atoms. The van der Waals surface area contributed by atoms with Crippen LogP contribution in [0.5, 0.6) is 0 Å². The Morgan fingerprint density at radius 3 is 2.29 bits per heavy atom. The number of nitrogens with zero attached hydrogens (tertiary/aromatic N) is 1. The number of nitrogens with two attached hydrogens (primary N) is 1. The summed E-state index contributed by atoms with van der Waals surface area (Å²) in [5.74, 6) is 0. The van der Waals surface area contributed by atoms with Crippen LogP contribution < -0.4 is 5.73 Å². The van der Waals surface area contributed by atoms with Crippen LogP contribution in [-0.4, -0.2) is 42.3 Å². The molecule has 0 aromatic carbocycles. The highest BCUT2D eigenvalue weighted by atomic mass is 16.2. The molecular weight excluding hydrogens is 212 g/mol. The predicted molar refractivity (Wildman–Crippen MR) is 73.1 cm³/mol. The van der Waals surface area contributed by atoms with Crippen LogP contribution in [0.1, 0.15) is 57.8 Å². The van der Waals surface area contributed by atoms with Gasteiger partial charge in [0.1, 0.15) is 0 Å². The molecule has 0 aromatic heterocycles. The molecule has 0 spiro atoms. The van der Waals surface area contributed by atoms with E-state index in [2.05, 4.69) is 4.90 Å². The van der Waals surface area contributed by atoms with E-state index in [-0.39, 0.29) is 0 Å². The first-order chi connectivity index (χ1) is 8.38. The fourth-order valence-corrected chi connectivity index (χ4v) is 2.87. The third kappa shape index (κ3) is 6.39. The van der Waals surface area contributed by atoms with Crippen LogP contribution in [0.15, 0.2) is 0 Å². The van der Waals surface area contributed by atoms with Crippen LogP contribution in [0, 0.1) is 0 Å². The Labute approximate surface area is 106 Å². The molecule has 0 radical (unpaired) electrons. The summed E-state index contributed by atoms with van der Waals surface area (Å²) in [6, 6.07) is 0.796. The van der Waals surface area contributed by atoms with Crippen LogP contribution in [0.4, 0.5) is 0 Å². The first-order valence-electron chi connectivity index (χ1n) is 7.43. The van der Waals surface area contributed by atoms with Crippen molar-refractivity contribution in [1.29, 1.82) is 0 Å². The smallest absolute Gasteiger partial charge is 0.0431 e. The number of rotatable bonds is 9. The van der Waals surface area contributed by atoms with Gasteiger partial charge in [0.05, 0.1) is 0 Å². The topological polar surface area (TPSA) is 49.5 Å². The standard InChI is InChI=1S/C14H30N2O/c15-10-12-16(11-6-1-2-7-13-17)14-8-4-3-5-9-14/h14,17H,1-13,15H2. The van der Waals surface area contributed by atoms with Crippen molar-refractivity contribution in [3.8, 4) is 0 Å². The molecule has 1 aliphatic rings. The fourth-order valence-electron chi connectivity index (χ4n) is 2.87.